The van der Waals surface area contributed by atoms with Crippen LogP contribution in [-0.4, -0.2) is 15.6 Å². The molecule has 0 aliphatic carbocycles. The summed E-state index contributed by atoms with van der Waals surface area (Å²) >= 11 is 2.31. The van der Waals surface area contributed by atoms with Gasteiger partial charge in [0.15, 0.2) is 0 Å². The van der Waals surface area contributed by atoms with Crippen molar-refractivity contribution in [3.63, 3.8) is 0 Å². The Hall–Kier alpha value is 0.669. The predicted molar refractivity (Wildman–Crippen MR) is 23.8 cm³/mol. The first kappa shape index (κ1) is 5.67. The Morgan fingerprint density at radius 1 is 1.60 bits per heavy atom. The van der Waals surface area contributed by atoms with E-state index in [2.05, 4.69) is 15.6 Å². The number of hydrogen-bond donors (Lipinski definition) is 3. The van der Waals surface area contributed by atoms with Gasteiger partial charge in [-0.3, -0.25) is 0 Å². The van der Waals surface area contributed by atoms with Gasteiger partial charge in [-0.15, -0.1) is 0 Å². The van der Waals surface area contributed by atoms with Crippen molar-refractivity contribution in [1.29, 1.82) is 5.16 Å². The molecule has 0 bridgehead atoms. The molecule has 0 unspecified atom stereocenters. The molecule has 31 valence electrons. The molecule has 0 aromatic carbocycles. The summed E-state index contributed by atoms with van der Waals surface area (Å²) in [5.41, 5.74) is 9.71. The van der Waals surface area contributed by atoms with Crippen LogP contribution in [0.25, 0.3) is 0 Å². The third-order valence-electron chi connectivity index (χ3n) is 0. The minimum absolute atomic E-state index is 2.26. The van der Waals surface area contributed by atoms with Crippen LogP contribution in [0.5, 0.6) is 0 Å². The van der Waals surface area contributed by atoms with E-state index >= 15 is 0 Å². The van der Waals surface area contributed by atoms with Crippen LogP contribution in [0.2, 0.25) is 0 Å². The predicted octanol–water partition coefficient (Wildman–Crippen LogP) is -0.403. The molecule has 0 atom stereocenters. The summed E-state index contributed by atoms with van der Waals surface area (Å²) in [5, 5.41) is 6.55. The van der Waals surface area contributed by atoms with Crippen molar-refractivity contribution < 1.29 is 0 Å². The van der Waals surface area contributed by atoms with Crippen LogP contribution in [0.4, 0.5) is 0 Å². The fourth-order valence-electron chi connectivity index (χ4n) is 0. The molecule has 0 saturated heterocycles. The van der Waals surface area contributed by atoms with Crippen molar-refractivity contribution in [1.82, 2.24) is 0 Å². The van der Waals surface area contributed by atoms with E-state index in [1.165, 1.54) is 0 Å². The van der Waals surface area contributed by atoms with Crippen molar-refractivity contribution in [3.8, 4) is 0 Å². The van der Waals surface area contributed by atoms with Crippen molar-refractivity contribution in [2.24, 2.45) is 11.0 Å². The Kier molecular flexibility index (Phi) is 1.60. The van der Waals surface area contributed by atoms with Gasteiger partial charge in [-0.05, 0) is 0 Å². The number of rotatable bonds is 0. The summed E-state index contributed by atoms with van der Waals surface area (Å²) in [4.78, 5) is 0. The van der Waals surface area contributed by atoms with Crippen LogP contribution in [0.3, 0.4) is 0 Å². The summed E-state index contributed by atoms with van der Waals surface area (Å²) in [6.45, 7) is 0. The first-order chi connectivity index (χ1) is 2.00. The van der Waals surface area contributed by atoms with Gasteiger partial charge in [0.25, 0.3) is 0 Å². The van der Waals surface area contributed by atoms with Gasteiger partial charge in [0.05, 0.1) is 0 Å². The summed E-state index contributed by atoms with van der Waals surface area (Å²) in [6.07, 6.45) is 0. The molecule has 0 aromatic rings. The molecule has 1 radical (unpaired) electrons. The third-order valence-corrected chi connectivity index (χ3v) is 0. The average Bonchev–Trinajstić information content (AvgIpc) is 0.722. The second-order valence-electron chi connectivity index (χ2n) is 0.709. The molecule has 0 aliphatic heterocycles. The Labute approximate surface area is 38.5 Å². The molecule has 0 aromatic heterocycles. The minimum atomic E-state index is -2.26. The van der Waals surface area contributed by atoms with Crippen molar-refractivity contribution in [3.05, 3.63) is 0 Å². The second kappa shape index (κ2) is 1.41. The van der Waals surface area contributed by atoms with E-state index in [1.54, 1.807) is 0 Å². The maximum atomic E-state index is 6.55. The normalized spacial score (nSPS) is 11.8. The molecular formula is H5N3PSe. The molecule has 0 amide bonds. The summed E-state index contributed by atoms with van der Waals surface area (Å²) in [7, 11) is 0. The van der Waals surface area contributed by atoms with E-state index in [-0.39, 0.29) is 0 Å². The SMILES string of the molecule is N=P(N)(N)[Se]. The van der Waals surface area contributed by atoms with Crippen molar-refractivity contribution >= 4 is 21.6 Å². The fraction of sp³-hybridized carbons (Fsp3) is 0. The summed E-state index contributed by atoms with van der Waals surface area (Å²) in [5.74, 6) is 0. The summed E-state index contributed by atoms with van der Waals surface area (Å²) < 4.78 is 0. The van der Waals surface area contributed by atoms with Crippen molar-refractivity contribution in [2.75, 3.05) is 0 Å². The average molecular weight is 157 g/mol. The van der Waals surface area contributed by atoms with Gasteiger partial charge in [0.2, 0.25) is 0 Å². The third kappa shape index (κ3) is 74.2. The maximum absolute atomic E-state index is 6.55. The Balaban J connectivity index is 3.47. The molecule has 5 N–H and O–H groups in total. The number of hydrogen-bond acceptors (Lipinski definition) is 1. The van der Waals surface area contributed by atoms with Gasteiger partial charge in [-0.1, -0.05) is 0 Å². The van der Waals surface area contributed by atoms with Gasteiger partial charge in [0.1, 0.15) is 0 Å². The molecule has 5 heteroatoms. The summed E-state index contributed by atoms with van der Waals surface area (Å²) in [6, 6.07) is -2.26. The van der Waals surface area contributed by atoms with Crippen LogP contribution < -0.4 is 11.0 Å². The van der Waals surface area contributed by atoms with E-state index in [4.69, 9.17) is 16.2 Å². The number of nitrogens with one attached hydrogen (secondary N) is 1. The Bertz CT molecular complexity index is 53.0. The van der Waals surface area contributed by atoms with Crippen LogP contribution >= 0.6 is 6.05 Å². The van der Waals surface area contributed by atoms with Crippen LogP contribution in [0.15, 0.2) is 0 Å². The second-order valence-corrected chi connectivity index (χ2v) is 5.93. The Morgan fingerprint density at radius 3 is 1.60 bits per heavy atom. The van der Waals surface area contributed by atoms with Gasteiger partial charge < -0.3 is 0 Å². The van der Waals surface area contributed by atoms with Crippen molar-refractivity contribution in [2.45, 2.75) is 0 Å². The molecule has 0 rings (SSSR count). The van der Waals surface area contributed by atoms with E-state index in [0.717, 1.165) is 0 Å². The van der Waals surface area contributed by atoms with Crippen LogP contribution in [-0.2, 0) is 0 Å². The first-order valence-corrected chi connectivity index (χ1v) is 5.07. The van der Waals surface area contributed by atoms with E-state index in [0.29, 0.717) is 0 Å². The zero-order valence-corrected chi connectivity index (χ0v) is 5.12. The molecule has 0 saturated carbocycles. The van der Waals surface area contributed by atoms with Crippen LogP contribution in [0, 0.1) is 5.16 Å². The topological polar surface area (TPSA) is 75.9 Å². The Morgan fingerprint density at radius 2 is 1.60 bits per heavy atom. The van der Waals surface area contributed by atoms with Gasteiger partial charge in [-0.25, -0.2) is 0 Å². The van der Waals surface area contributed by atoms with E-state index in [9.17, 15) is 0 Å². The first-order valence-electron chi connectivity index (χ1n) is 0.923. The molecule has 0 spiro atoms. The monoisotopic (exact) mass is 158 g/mol. The molecule has 0 heterocycles. The zero-order chi connectivity index (χ0) is 4.50. The van der Waals surface area contributed by atoms with Gasteiger partial charge in [0, 0.05) is 0 Å². The van der Waals surface area contributed by atoms with Crippen LogP contribution in [0.1, 0.15) is 0 Å². The van der Waals surface area contributed by atoms with E-state index < -0.39 is 6.05 Å². The molecule has 3 nitrogen and oxygen atoms in total. The zero-order valence-electron chi connectivity index (χ0n) is 2.51. The molecule has 5 heavy (non-hydrogen) atoms. The van der Waals surface area contributed by atoms with E-state index in [1.807, 2.05) is 0 Å². The quantitative estimate of drug-likeness (QED) is 0.330. The molecule has 0 aliphatic rings. The standard InChI is InChI=1S/H5N3PSe/c1-4(2,3)5/h(H5,1,2,3). The molecule has 0 fully saturated rings. The van der Waals surface area contributed by atoms with Gasteiger partial charge in [-0.2, -0.15) is 0 Å². The van der Waals surface area contributed by atoms with Gasteiger partial charge >= 0.3 is 37.8 Å². The molecular weight excluding hydrogens is 152 g/mol. The number of nitrogens with two attached hydrogens (primary N) is 2. The fourth-order valence-corrected chi connectivity index (χ4v) is 0.